The molecule has 0 atom stereocenters. The molecule has 0 fully saturated rings. The van der Waals surface area contributed by atoms with Gasteiger partial charge in [-0.1, -0.05) is 18.2 Å². The Morgan fingerprint density at radius 3 is 2.31 bits per heavy atom. The summed E-state index contributed by atoms with van der Waals surface area (Å²) in [7, 11) is -0.472. The van der Waals surface area contributed by atoms with E-state index in [0.29, 0.717) is 16.7 Å². The highest BCUT2D eigenvalue weighted by atomic mass is 32.2. The molecule has 0 saturated carbocycles. The minimum atomic E-state index is -3.76. The van der Waals surface area contributed by atoms with Crippen LogP contribution in [0.3, 0.4) is 0 Å². The molecule has 8 heteroatoms. The molecule has 1 radical (unpaired) electrons. The maximum Gasteiger partial charge on any atom is 0.331 e. The van der Waals surface area contributed by atoms with Crippen LogP contribution >= 0.6 is 0 Å². The molecule has 6 nitrogen and oxygen atoms in total. The molecule has 0 aliphatic heterocycles. The van der Waals surface area contributed by atoms with Crippen LogP contribution in [0.15, 0.2) is 53.6 Å². The number of nitrogens with zero attached hydrogens (tertiary/aromatic N) is 2. The summed E-state index contributed by atoms with van der Waals surface area (Å²) in [4.78, 5) is 4.57. The number of aryl methyl sites for hydroxylation is 1. The van der Waals surface area contributed by atoms with Crippen LogP contribution in [0, 0.1) is 6.92 Å². The Kier molecular flexibility index (Phi) is 5.64. The van der Waals surface area contributed by atoms with E-state index in [1.807, 2.05) is 33.8 Å². The summed E-state index contributed by atoms with van der Waals surface area (Å²) in [5.41, 5.74) is 0.570. The normalized spacial score (nSPS) is 13.0. The molecule has 0 aliphatic carbocycles. The summed E-state index contributed by atoms with van der Waals surface area (Å²) in [5.74, 6) is 0. The van der Waals surface area contributed by atoms with E-state index in [4.69, 9.17) is 9.39 Å². The molecular weight excluding hydrogens is 387 g/mol. The van der Waals surface area contributed by atoms with Gasteiger partial charge in [-0.3, -0.25) is 0 Å². The fourth-order valence-corrected chi connectivity index (χ4v) is 4.44. The zero-order chi connectivity index (χ0) is 21.4. The van der Waals surface area contributed by atoms with Crippen molar-refractivity contribution >= 4 is 34.0 Å². The van der Waals surface area contributed by atoms with Gasteiger partial charge in [0.1, 0.15) is 0 Å². The van der Waals surface area contributed by atoms with Crippen LogP contribution in [0.1, 0.15) is 33.4 Å². The minimum Gasteiger partial charge on any atom is -0.427 e. The van der Waals surface area contributed by atoms with Crippen molar-refractivity contribution in [3.8, 4) is 0 Å². The van der Waals surface area contributed by atoms with E-state index in [-0.39, 0.29) is 4.90 Å². The quantitative estimate of drug-likeness (QED) is 0.557. The predicted octanol–water partition coefficient (Wildman–Crippen LogP) is 3.05. The average Bonchev–Trinajstić information content (AvgIpc) is 3.04. The fraction of sp³-hybridized carbons (Fsp3) is 0.381. The second-order valence-corrected chi connectivity index (χ2v) is 9.75. The summed E-state index contributed by atoms with van der Waals surface area (Å²) < 4.78 is 39.3. The van der Waals surface area contributed by atoms with E-state index in [2.05, 4.69) is 4.98 Å². The predicted molar refractivity (Wildman–Crippen MR) is 115 cm³/mol. The van der Waals surface area contributed by atoms with Crippen molar-refractivity contribution < 1.29 is 17.8 Å². The third-order valence-electron chi connectivity index (χ3n) is 5.59. The van der Waals surface area contributed by atoms with Crippen molar-refractivity contribution in [3.05, 3.63) is 54.4 Å². The summed E-state index contributed by atoms with van der Waals surface area (Å²) in [6.07, 6.45) is 1.59. The molecule has 153 valence electrons. The van der Waals surface area contributed by atoms with Gasteiger partial charge in [0.2, 0.25) is 0 Å². The SMILES string of the molecule is COC(C)(C)C(C)(C)O[B]c1ccnc2c1cc(C)n2S(=O)(=O)c1ccccc1. The van der Waals surface area contributed by atoms with Crippen molar-refractivity contribution in [2.45, 2.75) is 50.7 Å². The number of pyridine rings is 1. The Balaban J connectivity index is 2.03. The van der Waals surface area contributed by atoms with E-state index in [1.54, 1.807) is 64.1 Å². The summed E-state index contributed by atoms with van der Waals surface area (Å²) in [6.45, 7) is 9.56. The lowest BCUT2D eigenvalue weighted by Gasteiger charge is -2.40. The zero-order valence-electron chi connectivity index (χ0n) is 17.6. The van der Waals surface area contributed by atoms with Gasteiger partial charge in [-0.05, 0) is 64.3 Å². The number of aromatic nitrogens is 2. The van der Waals surface area contributed by atoms with Crippen LogP contribution in [-0.4, -0.2) is 43.2 Å². The topological polar surface area (TPSA) is 70.4 Å². The molecule has 3 rings (SSSR count). The van der Waals surface area contributed by atoms with Gasteiger partial charge in [0.05, 0.1) is 16.1 Å². The molecule has 2 aromatic heterocycles. The Hall–Kier alpha value is -2.16. The number of hydrogen-bond acceptors (Lipinski definition) is 5. The number of methoxy groups -OCH3 is 1. The minimum absolute atomic E-state index is 0.219. The number of rotatable bonds is 7. The first-order valence-corrected chi connectivity index (χ1v) is 10.8. The summed E-state index contributed by atoms with van der Waals surface area (Å²) in [5, 5.41) is 0.704. The second kappa shape index (κ2) is 7.59. The van der Waals surface area contributed by atoms with E-state index in [9.17, 15) is 8.42 Å². The van der Waals surface area contributed by atoms with E-state index in [1.165, 1.54) is 3.97 Å². The van der Waals surface area contributed by atoms with Crippen molar-refractivity contribution in [3.63, 3.8) is 0 Å². The zero-order valence-corrected chi connectivity index (χ0v) is 18.4. The van der Waals surface area contributed by atoms with Crippen LogP contribution in [0.25, 0.3) is 11.0 Å². The van der Waals surface area contributed by atoms with Gasteiger partial charge in [0.25, 0.3) is 10.0 Å². The Bertz CT molecular complexity index is 1120. The number of benzene rings is 1. The Morgan fingerprint density at radius 2 is 1.69 bits per heavy atom. The molecule has 0 amide bonds. The van der Waals surface area contributed by atoms with Gasteiger partial charge >= 0.3 is 7.48 Å². The molecule has 1 aromatic carbocycles. The van der Waals surface area contributed by atoms with Crippen molar-refractivity contribution in [2.24, 2.45) is 0 Å². The molecule has 29 heavy (non-hydrogen) atoms. The van der Waals surface area contributed by atoms with Gasteiger partial charge in [-0.2, -0.15) is 0 Å². The molecule has 0 N–H and O–H groups in total. The summed E-state index contributed by atoms with van der Waals surface area (Å²) in [6, 6.07) is 12.0. The van der Waals surface area contributed by atoms with E-state index >= 15 is 0 Å². The lowest BCUT2D eigenvalue weighted by atomic mass is 9.81. The first-order valence-electron chi connectivity index (χ1n) is 9.35. The molecular formula is C21H26BN2O4S. The molecule has 0 spiro atoms. The van der Waals surface area contributed by atoms with Gasteiger partial charge in [0.15, 0.2) is 5.65 Å². The molecule has 0 saturated heterocycles. The van der Waals surface area contributed by atoms with Crippen LogP contribution in [0.2, 0.25) is 0 Å². The molecule has 3 aromatic rings. The maximum atomic E-state index is 13.2. The highest BCUT2D eigenvalue weighted by Gasteiger charge is 2.38. The van der Waals surface area contributed by atoms with Gasteiger partial charge in [-0.25, -0.2) is 17.4 Å². The standard InChI is InChI=1S/C21H26BN2O4S/c1-15-14-17-18(22-28-21(4,5)20(2,3)27-6)12-13-23-19(17)24(15)29(25,26)16-10-8-7-9-11-16/h7-14H,1-6H3. The lowest BCUT2D eigenvalue weighted by molar-refractivity contribution is -0.114. The maximum absolute atomic E-state index is 13.2. The number of ether oxygens (including phenoxy) is 1. The largest absolute Gasteiger partial charge is 0.427 e. The van der Waals surface area contributed by atoms with Crippen molar-refractivity contribution in [1.29, 1.82) is 0 Å². The highest BCUT2D eigenvalue weighted by molar-refractivity contribution is 7.90. The van der Waals surface area contributed by atoms with Gasteiger partial charge < -0.3 is 9.39 Å². The molecule has 0 aliphatic rings. The van der Waals surface area contributed by atoms with Crippen LogP contribution in [0.4, 0.5) is 0 Å². The third kappa shape index (κ3) is 3.84. The van der Waals surface area contributed by atoms with Crippen LogP contribution in [-0.2, 0) is 19.4 Å². The third-order valence-corrected chi connectivity index (χ3v) is 7.40. The molecule has 0 bridgehead atoms. The lowest BCUT2D eigenvalue weighted by Crippen LogP contribution is -2.50. The smallest absolute Gasteiger partial charge is 0.331 e. The van der Waals surface area contributed by atoms with Crippen LogP contribution in [0.5, 0.6) is 0 Å². The second-order valence-electron chi connectivity index (χ2n) is 7.97. The molecule has 0 unspecified atom stereocenters. The van der Waals surface area contributed by atoms with Gasteiger partial charge in [0, 0.05) is 24.4 Å². The van der Waals surface area contributed by atoms with Crippen LogP contribution < -0.4 is 5.46 Å². The first kappa shape index (κ1) is 21.6. The van der Waals surface area contributed by atoms with Crippen molar-refractivity contribution in [2.75, 3.05) is 7.11 Å². The summed E-state index contributed by atoms with van der Waals surface area (Å²) >= 11 is 0. The highest BCUT2D eigenvalue weighted by Crippen LogP contribution is 2.28. The van der Waals surface area contributed by atoms with Gasteiger partial charge in [-0.15, -0.1) is 0 Å². The monoisotopic (exact) mass is 413 g/mol. The van der Waals surface area contributed by atoms with E-state index in [0.717, 1.165) is 5.46 Å². The number of hydrogen-bond donors (Lipinski definition) is 0. The number of fused-ring (bicyclic) bond motifs is 1. The fourth-order valence-electron chi connectivity index (χ4n) is 2.92. The molecule has 2 heterocycles. The Morgan fingerprint density at radius 1 is 1.03 bits per heavy atom. The van der Waals surface area contributed by atoms with E-state index < -0.39 is 21.2 Å². The van der Waals surface area contributed by atoms with Crippen molar-refractivity contribution in [1.82, 2.24) is 8.96 Å². The first-order chi connectivity index (χ1) is 13.5. The average molecular weight is 413 g/mol. The Labute approximate surface area is 173 Å².